The van der Waals surface area contributed by atoms with Gasteiger partial charge in [-0.15, -0.1) is 0 Å². The van der Waals surface area contributed by atoms with Gasteiger partial charge in [-0.3, -0.25) is 4.79 Å². The number of nitrogens with zero attached hydrogens (tertiary/aromatic N) is 2. The Bertz CT molecular complexity index is 828. The van der Waals surface area contributed by atoms with Gasteiger partial charge in [0.25, 0.3) is 0 Å². The number of nitrogens with one attached hydrogen (secondary N) is 1. The Morgan fingerprint density at radius 1 is 1.00 bits per heavy atom. The Kier molecular flexibility index (Phi) is 4.63. The molecule has 0 aliphatic carbocycles. The zero-order valence-corrected chi connectivity index (χ0v) is 14.8. The number of rotatable bonds is 5. The van der Waals surface area contributed by atoms with E-state index in [0.717, 1.165) is 54.4 Å². The fourth-order valence-corrected chi connectivity index (χ4v) is 3.45. The summed E-state index contributed by atoms with van der Waals surface area (Å²) in [6, 6.07) is 16.4. The first kappa shape index (κ1) is 16.7. The minimum atomic E-state index is 0.231. The number of piperidine rings is 1. The summed E-state index contributed by atoms with van der Waals surface area (Å²) in [5, 5.41) is 3.45. The van der Waals surface area contributed by atoms with Crippen LogP contribution in [0, 0.1) is 0 Å². The van der Waals surface area contributed by atoms with Crippen LogP contribution in [0.5, 0.6) is 0 Å². The van der Waals surface area contributed by atoms with Gasteiger partial charge in [-0.1, -0.05) is 12.1 Å². The van der Waals surface area contributed by atoms with Crippen molar-refractivity contribution >= 4 is 23.0 Å². The van der Waals surface area contributed by atoms with Crippen LogP contribution in [-0.2, 0) is 11.3 Å². The van der Waals surface area contributed by atoms with Gasteiger partial charge in [0, 0.05) is 43.1 Å². The standard InChI is InChI=1S/C21H24N4O/c22-15-16-4-3-5-17(14-16)23-20-11-13-24(20)18-7-9-19(10-8-18)25-12-2-1-6-21(25)26/h3-5,7-11,14,23H,1-2,6,12-13,15,22H2. The van der Waals surface area contributed by atoms with Gasteiger partial charge in [0.2, 0.25) is 5.91 Å². The van der Waals surface area contributed by atoms with Crippen LogP contribution < -0.4 is 20.9 Å². The highest BCUT2D eigenvalue weighted by Gasteiger charge is 2.22. The Morgan fingerprint density at radius 3 is 2.42 bits per heavy atom. The molecule has 2 heterocycles. The quantitative estimate of drug-likeness (QED) is 0.869. The first-order chi connectivity index (χ1) is 12.7. The summed E-state index contributed by atoms with van der Waals surface area (Å²) in [5.74, 6) is 1.30. The van der Waals surface area contributed by atoms with Crippen molar-refractivity contribution in [3.63, 3.8) is 0 Å². The van der Waals surface area contributed by atoms with E-state index in [9.17, 15) is 4.79 Å². The fourth-order valence-electron chi connectivity index (χ4n) is 3.45. The molecule has 1 amide bonds. The molecule has 0 atom stereocenters. The molecule has 0 aromatic heterocycles. The molecule has 3 N–H and O–H groups in total. The monoisotopic (exact) mass is 348 g/mol. The van der Waals surface area contributed by atoms with Crippen molar-refractivity contribution in [1.29, 1.82) is 0 Å². The largest absolute Gasteiger partial charge is 0.342 e. The van der Waals surface area contributed by atoms with Gasteiger partial charge in [-0.25, -0.2) is 0 Å². The average Bonchev–Trinajstić information content (AvgIpc) is 2.67. The van der Waals surface area contributed by atoms with Gasteiger partial charge in [-0.05, 0) is 60.9 Å². The summed E-state index contributed by atoms with van der Waals surface area (Å²) in [6.07, 6.45) is 4.91. The molecular weight excluding hydrogens is 324 g/mol. The van der Waals surface area contributed by atoms with Crippen molar-refractivity contribution in [3.05, 3.63) is 66.0 Å². The lowest BCUT2D eigenvalue weighted by Gasteiger charge is -2.35. The molecular formula is C21H24N4O. The molecule has 2 aliphatic heterocycles. The van der Waals surface area contributed by atoms with Crippen molar-refractivity contribution in [2.75, 3.05) is 28.2 Å². The highest BCUT2D eigenvalue weighted by molar-refractivity contribution is 5.94. The lowest BCUT2D eigenvalue weighted by Crippen LogP contribution is -2.36. The number of benzene rings is 2. The van der Waals surface area contributed by atoms with Crippen molar-refractivity contribution in [2.24, 2.45) is 5.73 Å². The summed E-state index contributed by atoms with van der Waals surface area (Å²) in [6.45, 7) is 2.24. The van der Waals surface area contributed by atoms with Crippen molar-refractivity contribution < 1.29 is 4.79 Å². The van der Waals surface area contributed by atoms with E-state index in [1.807, 2.05) is 35.2 Å². The predicted octanol–water partition coefficient (Wildman–Crippen LogP) is 3.44. The van der Waals surface area contributed by atoms with E-state index >= 15 is 0 Å². The van der Waals surface area contributed by atoms with E-state index in [2.05, 4.69) is 34.5 Å². The Balaban J connectivity index is 1.45. The summed E-state index contributed by atoms with van der Waals surface area (Å²) in [5.41, 5.74) is 9.99. The van der Waals surface area contributed by atoms with Gasteiger partial charge in [0.1, 0.15) is 5.82 Å². The molecule has 1 fully saturated rings. The lowest BCUT2D eigenvalue weighted by molar-refractivity contribution is -0.119. The molecule has 1 saturated heterocycles. The van der Waals surface area contributed by atoms with Crippen LogP contribution >= 0.6 is 0 Å². The van der Waals surface area contributed by atoms with Crippen LogP contribution in [0.1, 0.15) is 24.8 Å². The Morgan fingerprint density at radius 2 is 1.77 bits per heavy atom. The van der Waals surface area contributed by atoms with Gasteiger partial charge in [0.15, 0.2) is 0 Å². The second-order valence-corrected chi connectivity index (χ2v) is 6.75. The van der Waals surface area contributed by atoms with Crippen LogP contribution in [0.4, 0.5) is 17.1 Å². The number of amides is 1. The topological polar surface area (TPSA) is 61.6 Å². The van der Waals surface area contributed by atoms with Gasteiger partial charge < -0.3 is 20.9 Å². The van der Waals surface area contributed by atoms with Crippen molar-refractivity contribution in [2.45, 2.75) is 25.8 Å². The van der Waals surface area contributed by atoms with Gasteiger partial charge >= 0.3 is 0 Å². The van der Waals surface area contributed by atoms with Crippen molar-refractivity contribution in [3.8, 4) is 0 Å². The molecule has 0 unspecified atom stereocenters. The third kappa shape index (κ3) is 3.30. The molecule has 5 nitrogen and oxygen atoms in total. The highest BCUT2D eigenvalue weighted by atomic mass is 16.2. The molecule has 5 heteroatoms. The van der Waals surface area contributed by atoms with E-state index in [4.69, 9.17) is 5.73 Å². The molecule has 0 spiro atoms. The lowest BCUT2D eigenvalue weighted by atomic mass is 10.1. The smallest absolute Gasteiger partial charge is 0.226 e. The minimum absolute atomic E-state index is 0.231. The third-order valence-electron chi connectivity index (χ3n) is 4.99. The van der Waals surface area contributed by atoms with Crippen molar-refractivity contribution in [1.82, 2.24) is 0 Å². The summed E-state index contributed by atoms with van der Waals surface area (Å²) >= 11 is 0. The molecule has 2 aromatic rings. The zero-order chi connectivity index (χ0) is 17.9. The van der Waals surface area contributed by atoms with E-state index in [1.165, 1.54) is 0 Å². The molecule has 26 heavy (non-hydrogen) atoms. The maximum absolute atomic E-state index is 12.1. The SMILES string of the molecule is NCc1cccc(NC2=CCN2c2ccc(N3CCCCC3=O)cc2)c1. The molecule has 0 bridgehead atoms. The summed E-state index contributed by atoms with van der Waals surface area (Å²) in [4.78, 5) is 16.2. The van der Waals surface area contributed by atoms with Gasteiger partial charge in [0.05, 0.1) is 0 Å². The van der Waals surface area contributed by atoms with Crippen LogP contribution in [0.2, 0.25) is 0 Å². The molecule has 134 valence electrons. The number of nitrogens with two attached hydrogens (primary N) is 1. The van der Waals surface area contributed by atoms with Crippen LogP contribution in [-0.4, -0.2) is 19.0 Å². The van der Waals surface area contributed by atoms with E-state index in [1.54, 1.807) is 0 Å². The Hall–Kier alpha value is -2.79. The third-order valence-corrected chi connectivity index (χ3v) is 4.99. The number of anilines is 3. The summed E-state index contributed by atoms with van der Waals surface area (Å²) in [7, 11) is 0. The molecule has 4 rings (SSSR count). The molecule has 0 radical (unpaired) electrons. The minimum Gasteiger partial charge on any atom is -0.342 e. The van der Waals surface area contributed by atoms with E-state index in [0.29, 0.717) is 13.0 Å². The first-order valence-corrected chi connectivity index (χ1v) is 9.19. The maximum Gasteiger partial charge on any atom is 0.226 e. The van der Waals surface area contributed by atoms with Crippen LogP contribution in [0.3, 0.4) is 0 Å². The number of hydrogen-bond acceptors (Lipinski definition) is 4. The number of carbonyl (C=O) groups is 1. The normalized spacial score (nSPS) is 17.0. The van der Waals surface area contributed by atoms with Gasteiger partial charge in [-0.2, -0.15) is 0 Å². The molecule has 2 aliphatic rings. The highest BCUT2D eigenvalue weighted by Crippen LogP contribution is 2.29. The number of carbonyl (C=O) groups excluding carboxylic acids is 1. The van der Waals surface area contributed by atoms with Crippen LogP contribution in [0.15, 0.2) is 60.4 Å². The molecule has 0 saturated carbocycles. The first-order valence-electron chi connectivity index (χ1n) is 9.19. The molecule has 2 aromatic carbocycles. The number of hydrogen-bond donors (Lipinski definition) is 2. The van der Waals surface area contributed by atoms with E-state index in [-0.39, 0.29) is 5.91 Å². The second kappa shape index (κ2) is 7.22. The zero-order valence-electron chi connectivity index (χ0n) is 14.8. The fraction of sp³-hybridized carbons (Fsp3) is 0.286. The average molecular weight is 348 g/mol. The van der Waals surface area contributed by atoms with E-state index < -0.39 is 0 Å². The predicted molar refractivity (Wildman–Crippen MR) is 106 cm³/mol. The summed E-state index contributed by atoms with van der Waals surface area (Å²) < 4.78 is 0. The maximum atomic E-state index is 12.1. The second-order valence-electron chi connectivity index (χ2n) is 6.75. The van der Waals surface area contributed by atoms with Crippen LogP contribution in [0.25, 0.3) is 0 Å². The Labute approximate surface area is 154 Å².